The molecule has 0 amide bonds. The molecule has 6 unspecified atom stereocenters. The number of rotatable bonds is 47. The van der Waals surface area contributed by atoms with E-state index in [0.717, 1.165) is 38.5 Å². The Morgan fingerprint density at radius 1 is 0.470 bits per heavy atom. The third-order valence-electron chi connectivity index (χ3n) is 12.8. The Labute approximate surface area is 402 Å². The molecule has 1 aliphatic rings. The van der Waals surface area contributed by atoms with E-state index in [1.54, 1.807) is 0 Å². The molecule has 13 heteroatoms. The van der Waals surface area contributed by atoms with Crippen molar-refractivity contribution in [2.45, 2.75) is 288 Å². The summed E-state index contributed by atoms with van der Waals surface area (Å²) >= 11 is 0. The zero-order valence-corrected chi connectivity index (χ0v) is 42.9. The van der Waals surface area contributed by atoms with Gasteiger partial charge in [-0.2, -0.15) is 0 Å². The number of aliphatic hydroxyl groups excluding tert-OH is 5. The van der Waals surface area contributed by atoms with E-state index in [4.69, 9.17) is 18.5 Å². The van der Waals surface area contributed by atoms with Gasteiger partial charge in [-0.25, -0.2) is 4.57 Å². The van der Waals surface area contributed by atoms with Crippen molar-refractivity contribution < 1.29 is 58.3 Å². The Morgan fingerprint density at radius 2 is 0.803 bits per heavy atom. The number of carbonyl (C=O) groups is 1. The molecule has 0 aromatic carbocycles. The third-order valence-corrected chi connectivity index (χ3v) is 13.8. The second kappa shape index (κ2) is 43.8. The monoisotopic (exact) mass is 961 g/mol. The SMILES string of the molecule is CCCCCCCC/C=C\CCCCCCCCCCCCOCC(COP(=O)(O)OC1C(O)C(O)C(O)C(O)C1O)OC(=O)CCCCCCCCCCC/C=C\CCCCCCCC. The van der Waals surface area contributed by atoms with E-state index in [0.29, 0.717) is 13.0 Å². The first-order valence-electron chi connectivity index (χ1n) is 27.2. The van der Waals surface area contributed by atoms with Crippen molar-refractivity contribution in [1.29, 1.82) is 0 Å². The Morgan fingerprint density at radius 3 is 1.20 bits per heavy atom. The average molecular weight is 961 g/mol. The Bertz CT molecular complexity index is 1190. The van der Waals surface area contributed by atoms with Crippen LogP contribution in [0.15, 0.2) is 24.3 Å². The molecule has 0 radical (unpaired) electrons. The molecule has 1 aliphatic carbocycles. The first kappa shape index (κ1) is 62.8. The van der Waals surface area contributed by atoms with Gasteiger partial charge in [-0.1, -0.05) is 199 Å². The highest BCUT2D eigenvalue weighted by Gasteiger charge is 2.51. The fraction of sp³-hybridized carbons (Fsp3) is 0.906. The molecule has 66 heavy (non-hydrogen) atoms. The Kier molecular flexibility index (Phi) is 41.7. The molecule has 1 saturated carbocycles. The minimum atomic E-state index is -5.02. The van der Waals surface area contributed by atoms with E-state index in [2.05, 4.69) is 38.2 Å². The van der Waals surface area contributed by atoms with E-state index in [1.807, 2.05) is 0 Å². The van der Waals surface area contributed by atoms with Gasteiger partial charge in [0.05, 0.1) is 13.2 Å². The fourth-order valence-electron chi connectivity index (χ4n) is 8.46. The third kappa shape index (κ3) is 35.0. The molecule has 0 aliphatic heterocycles. The molecule has 6 atom stereocenters. The maximum absolute atomic E-state index is 12.9. The highest BCUT2D eigenvalue weighted by Crippen LogP contribution is 2.47. The number of carbonyl (C=O) groups excluding carboxylic acids is 1. The van der Waals surface area contributed by atoms with Crippen LogP contribution in [0.5, 0.6) is 0 Å². The molecule has 1 rings (SSSR count). The van der Waals surface area contributed by atoms with Crippen molar-refractivity contribution in [3.05, 3.63) is 24.3 Å². The van der Waals surface area contributed by atoms with Crippen LogP contribution in [0.1, 0.15) is 245 Å². The van der Waals surface area contributed by atoms with Crippen LogP contribution < -0.4 is 0 Å². The van der Waals surface area contributed by atoms with Crippen molar-refractivity contribution in [3.63, 3.8) is 0 Å². The van der Waals surface area contributed by atoms with Gasteiger partial charge >= 0.3 is 13.8 Å². The molecule has 390 valence electrons. The van der Waals surface area contributed by atoms with Crippen LogP contribution in [-0.2, 0) is 27.9 Å². The van der Waals surface area contributed by atoms with Crippen molar-refractivity contribution in [2.75, 3.05) is 19.8 Å². The molecule has 0 spiro atoms. The summed E-state index contributed by atoms with van der Waals surface area (Å²) in [6.45, 7) is 4.29. The zero-order valence-electron chi connectivity index (χ0n) is 42.0. The second-order valence-electron chi connectivity index (χ2n) is 19.1. The van der Waals surface area contributed by atoms with Crippen LogP contribution in [0.3, 0.4) is 0 Å². The molecule has 0 aromatic heterocycles. The molecule has 0 heterocycles. The number of hydrogen-bond donors (Lipinski definition) is 6. The molecule has 0 bridgehead atoms. The summed E-state index contributed by atoms with van der Waals surface area (Å²) in [6, 6.07) is 0. The number of hydrogen-bond acceptors (Lipinski definition) is 11. The van der Waals surface area contributed by atoms with Gasteiger partial charge < -0.3 is 39.9 Å². The van der Waals surface area contributed by atoms with Crippen LogP contribution in [0.2, 0.25) is 0 Å². The van der Waals surface area contributed by atoms with Gasteiger partial charge in [-0.3, -0.25) is 13.8 Å². The number of aliphatic hydroxyl groups is 5. The zero-order chi connectivity index (χ0) is 48.4. The highest BCUT2D eigenvalue weighted by atomic mass is 31.2. The van der Waals surface area contributed by atoms with Gasteiger partial charge in [-0.15, -0.1) is 0 Å². The van der Waals surface area contributed by atoms with Crippen molar-refractivity contribution in [1.82, 2.24) is 0 Å². The lowest BCUT2D eigenvalue weighted by molar-refractivity contribution is -0.220. The predicted octanol–water partition coefficient (Wildman–Crippen LogP) is 12.4. The van der Waals surface area contributed by atoms with Gasteiger partial charge in [0.2, 0.25) is 0 Å². The molecule has 12 nitrogen and oxygen atoms in total. The van der Waals surface area contributed by atoms with E-state index in [1.165, 1.54) is 180 Å². The Hall–Kier alpha value is -1.18. The first-order chi connectivity index (χ1) is 32.0. The molecule has 0 aromatic rings. The lowest BCUT2D eigenvalue weighted by Crippen LogP contribution is -2.64. The fourth-order valence-corrected chi connectivity index (χ4v) is 9.44. The minimum absolute atomic E-state index is 0.0750. The van der Waals surface area contributed by atoms with Crippen LogP contribution in [0, 0.1) is 0 Å². The van der Waals surface area contributed by atoms with Gasteiger partial charge in [0, 0.05) is 13.0 Å². The average Bonchev–Trinajstić information content (AvgIpc) is 3.30. The van der Waals surface area contributed by atoms with Crippen molar-refractivity contribution in [2.24, 2.45) is 0 Å². The largest absolute Gasteiger partial charge is 0.472 e. The molecule has 1 fully saturated rings. The number of phosphoric acid groups is 1. The Balaban J connectivity index is 2.31. The highest BCUT2D eigenvalue weighted by molar-refractivity contribution is 7.47. The van der Waals surface area contributed by atoms with Crippen LogP contribution in [0.4, 0.5) is 0 Å². The maximum Gasteiger partial charge on any atom is 0.472 e. The second-order valence-corrected chi connectivity index (χ2v) is 20.5. The maximum atomic E-state index is 12.9. The van der Waals surface area contributed by atoms with Crippen LogP contribution in [-0.4, -0.2) is 98.9 Å². The van der Waals surface area contributed by atoms with Gasteiger partial charge in [0.1, 0.15) is 42.7 Å². The quantitative estimate of drug-likeness (QED) is 0.0147. The minimum Gasteiger partial charge on any atom is -0.457 e. The van der Waals surface area contributed by atoms with Crippen molar-refractivity contribution in [3.8, 4) is 0 Å². The molecule has 0 saturated heterocycles. The lowest BCUT2D eigenvalue weighted by Gasteiger charge is -2.41. The number of phosphoric ester groups is 1. The number of ether oxygens (including phenoxy) is 2. The summed E-state index contributed by atoms with van der Waals surface area (Å²) in [4.78, 5) is 23.3. The van der Waals surface area contributed by atoms with E-state index < -0.39 is 63.1 Å². The smallest absolute Gasteiger partial charge is 0.457 e. The summed E-state index contributed by atoms with van der Waals surface area (Å²) in [5.74, 6) is -0.476. The topological polar surface area (TPSA) is 192 Å². The van der Waals surface area contributed by atoms with E-state index in [9.17, 15) is 39.8 Å². The first-order valence-corrected chi connectivity index (χ1v) is 28.7. The van der Waals surface area contributed by atoms with Gasteiger partial charge in [-0.05, 0) is 64.2 Å². The summed E-state index contributed by atoms with van der Waals surface area (Å²) in [5.41, 5.74) is 0. The van der Waals surface area contributed by atoms with Gasteiger partial charge in [0.15, 0.2) is 0 Å². The van der Waals surface area contributed by atoms with Crippen molar-refractivity contribution >= 4 is 13.8 Å². The number of esters is 1. The standard InChI is InChI=1S/C53H101O12P/c1-3-5-7-9-11-13-15-17-19-21-23-25-27-29-31-33-35-37-39-41-43-62-44-46(45-63-66(60,61)65-53-51(58)49(56)48(55)50(57)52(53)59)64-47(54)42-40-38-36-34-32-30-28-26-24-22-20-18-16-14-12-10-8-6-4-2/h17-20,46,48-53,55-59H,3-16,21-45H2,1-2H3,(H,60,61)/b19-17-,20-18-. The lowest BCUT2D eigenvalue weighted by atomic mass is 9.85. The summed E-state index contributed by atoms with van der Waals surface area (Å²) < 4.78 is 34.4. The summed E-state index contributed by atoms with van der Waals surface area (Å²) in [7, 11) is -5.02. The van der Waals surface area contributed by atoms with Gasteiger partial charge in [0.25, 0.3) is 0 Å². The summed E-state index contributed by atoms with van der Waals surface area (Å²) in [5, 5.41) is 50.3. The van der Waals surface area contributed by atoms with Crippen LogP contribution in [0.25, 0.3) is 0 Å². The molecular weight excluding hydrogens is 860 g/mol. The molecular formula is C53H101O12P. The molecule has 6 N–H and O–H groups in total. The van der Waals surface area contributed by atoms with Crippen LogP contribution >= 0.6 is 7.82 Å². The van der Waals surface area contributed by atoms with E-state index in [-0.39, 0.29) is 13.0 Å². The predicted molar refractivity (Wildman–Crippen MR) is 267 cm³/mol. The summed E-state index contributed by atoms with van der Waals surface area (Å²) in [6.07, 6.45) is 39.5. The normalized spacial score (nSPS) is 21.5. The number of allylic oxidation sites excluding steroid dienone is 4. The number of unbranched alkanes of at least 4 members (excludes halogenated alkanes) is 31. The van der Waals surface area contributed by atoms with E-state index >= 15 is 0 Å².